The third-order valence-corrected chi connectivity index (χ3v) is 3.32. The standard InChI is InChI=1S/C15H13F3O/c1-10(19)12-4-3-11-5-7-14(2,15(16,17)18)8-6-13(11)9-12/h3-9H,1-2H3/t14-/m1/s1. The molecule has 0 spiro atoms. The first-order valence-corrected chi connectivity index (χ1v) is 5.83. The molecule has 100 valence electrons. The molecule has 0 saturated heterocycles. The molecule has 0 saturated carbocycles. The first-order valence-electron chi connectivity index (χ1n) is 5.83. The second-order valence-electron chi connectivity index (χ2n) is 4.85. The van der Waals surface area contributed by atoms with Crippen LogP contribution >= 0.6 is 0 Å². The summed E-state index contributed by atoms with van der Waals surface area (Å²) >= 11 is 0. The molecule has 0 heterocycles. The highest BCUT2D eigenvalue weighted by Crippen LogP contribution is 2.42. The van der Waals surface area contributed by atoms with Crippen molar-refractivity contribution in [1.29, 1.82) is 0 Å². The van der Waals surface area contributed by atoms with Crippen molar-refractivity contribution in [2.75, 3.05) is 0 Å². The van der Waals surface area contributed by atoms with E-state index in [9.17, 15) is 18.0 Å². The number of Topliss-reactive ketones (excluding diaryl/α,β-unsaturated/α-hetero) is 1. The van der Waals surface area contributed by atoms with Crippen molar-refractivity contribution in [3.05, 3.63) is 47.0 Å². The van der Waals surface area contributed by atoms with Gasteiger partial charge in [-0.3, -0.25) is 4.79 Å². The van der Waals surface area contributed by atoms with Crippen LogP contribution in [-0.2, 0) is 0 Å². The predicted molar refractivity (Wildman–Crippen MR) is 68.7 cm³/mol. The molecule has 1 aliphatic carbocycles. The summed E-state index contributed by atoms with van der Waals surface area (Å²) in [6.45, 7) is 2.55. The normalized spacial score (nSPS) is 21.9. The van der Waals surface area contributed by atoms with Crippen LogP contribution in [0.5, 0.6) is 0 Å². The fraction of sp³-hybridized carbons (Fsp3) is 0.267. The SMILES string of the molecule is CC(=O)c1ccc2c(c1)C=C[C@](C)(C(F)(F)F)C=C2. The fourth-order valence-electron chi connectivity index (χ4n) is 1.86. The monoisotopic (exact) mass is 266 g/mol. The van der Waals surface area contributed by atoms with E-state index in [-0.39, 0.29) is 5.78 Å². The maximum absolute atomic E-state index is 13.0. The maximum atomic E-state index is 13.0. The molecule has 2 rings (SSSR count). The minimum absolute atomic E-state index is 0.108. The van der Waals surface area contributed by atoms with Crippen LogP contribution in [0.3, 0.4) is 0 Å². The number of ketones is 1. The second-order valence-corrected chi connectivity index (χ2v) is 4.85. The first kappa shape index (κ1) is 13.6. The summed E-state index contributed by atoms with van der Waals surface area (Å²) < 4.78 is 38.9. The van der Waals surface area contributed by atoms with E-state index in [1.807, 2.05) is 0 Å². The molecule has 0 radical (unpaired) electrons. The summed E-state index contributed by atoms with van der Waals surface area (Å²) in [6, 6.07) is 4.89. The molecular formula is C15H13F3O. The topological polar surface area (TPSA) is 17.1 Å². The smallest absolute Gasteiger partial charge is 0.295 e. The van der Waals surface area contributed by atoms with Crippen LogP contribution in [-0.4, -0.2) is 12.0 Å². The zero-order valence-electron chi connectivity index (χ0n) is 10.6. The Kier molecular flexibility index (Phi) is 3.12. The van der Waals surface area contributed by atoms with Crippen LogP contribution in [0.1, 0.15) is 35.3 Å². The van der Waals surface area contributed by atoms with Crippen molar-refractivity contribution in [3.63, 3.8) is 0 Å². The molecule has 0 fully saturated rings. The van der Waals surface area contributed by atoms with Gasteiger partial charge in [0.05, 0.1) is 5.41 Å². The van der Waals surface area contributed by atoms with Crippen molar-refractivity contribution < 1.29 is 18.0 Å². The number of allylic oxidation sites excluding steroid dienone is 2. The Morgan fingerprint density at radius 1 is 1.11 bits per heavy atom. The molecule has 0 aromatic heterocycles. The van der Waals surface area contributed by atoms with Crippen LogP contribution in [0.15, 0.2) is 30.4 Å². The highest BCUT2D eigenvalue weighted by molar-refractivity contribution is 5.95. The van der Waals surface area contributed by atoms with Gasteiger partial charge in [-0.25, -0.2) is 0 Å². The van der Waals surface area contributed by atoms with E-state index in [1.165, 1.54) is 19.1 Å². The van der Waals surface area contributed by atoms with Gasteiger partial charge < -0.3 is 0 Å². The molecule has 1 nitrogen and oxygen atoms in total. The van der Waals surface area contributed by atoms with E-state index >= 15 is 0 Å². The molecule has 0 unspecified atom stereocenters. The minimum Gasteiger partial charge on any atom is -0.295 e. The Bertz CT molecular complexity index is 582. The van der Waals surface area contributed by atoms with Gasteiger partial charge in [0.2, 0.25) is 0 Å². The number of benzene rings is 1. The van der Waals surface area contributed by atoms with Gasteiger partial charge in [-0.15, -0.1) is 0 Å². The number of fused-ring (bicyclic) bond motifs is 1. The average molecular weight is 266 g/mol. The van der Waals surface area contributed by atoms with Crippen molar-refractivity contribution in [2.45, 2.75) is 20.0 Å². The quantitative estimate of drug-likeness (QED) is 0.684. The molecule has 4 heteroatoms. The molecule has 1 aromatic carbocycles. The lowest BCUT2D eigenvalue weighted by atomic mass is 9.89. The third kappa shape index (κ3) is 2.48. The Morgan fingerprint density at radius 3 is 2.21 bits per heavy atom. The maximum Gasteiger partial charge on any atom is 0.400 e. The van der Waals surface area contributed by atoms with E-state index < -0.39 is 11.6 Å². The molecular weight excluding hydrogens is 253 g/mol. The van der Waals surface area contributed by atoms with E-state index in [4.69, 9.17) is 0 Å². The zero-order valence-corrected chi connectivity index (χ0v) is 10.6. The third-order valence-electron chi connectivity index (χ3n) is 3.32. The van der Waals surface area contributed by atoms with Gasteiger partial charge in [-0.1, -0.05) is 36.4 Å². The van der Waals surface area contributed by atoms with Crippen molar-refractivity contribution in [3.8, 4) is 0 Å². The van der Waals surface area contributed by atoms with E-state index in [0.29, 0.717) is 16.7 Å². The van der Waals surface area contributed by atoms with Gasteiger partial charge in [0.1, 0.15) is 0 Å². The lowest BCUT2D eigenvalue weighted by molar-refractivity contribution is -0.182. The van der Waals surface area contributed by atoms with Crippen LogP contribution in [0.4, 0.5) is 13.2 Å². The highest BCUT2D eigenvalue weighted by atomic mass is 19.4. The summed E-state index contributed by atoms with van der Waals surface area (Å²) in [5.74, 6) is -0.108. The molecule has 0 amide bonds. The average Bonchev–Trinajstić information content (AvgIpc) is 2.49. The fourth-order valence-corrected chi connectivity index (χ4v) is 1.86. The van der Waals surface area contributed by atoms with Crippen LogP contribution in [0.25, 0.3) is 12.2 Å². The number of hydrogen-bond donors (Lipinski definition) is 0. The lowest BCUT2D eigenvalue weighted by Crippen LogP contribution is -2.30. The Labute approximate surface area is 109 Å². The number of rotatable bonds is 1. The molecule has 1 aromatic rings. The van der Waals surface area contributed by atoms with E-state index in [1.54, 1.807) is 18.2 Å². The number of carbonyl (C=O) groups is 1. The van der Waals surface area contributed by atoms with Gasteiger partial charge in [-0.05, 0) is 31.0 Å². The number of halogens is 3. The minimum atomic E-state index is -4.34. The molecule has 0 N–H and O–H groups in total. The predicted octanol–water partition coefficient (Wildman–Crippen LogP) is 4.50. The first-order chi connectivity index (χ1) is 8.73. The summed E-state index contributed by atoms with van der Waals surface area (Å²) in [6.07, 6.45) is 0.801. The van der Waals surface area contributed by atoms with Gasteiger partial charge in [-0.2, -0.15) is 13.2 Å². The highest BCUT2D eigenvalue weighted by Gasteiger charge is 2.47. The Balaban J connectivity index is 2.50. The van der Waals surface area contributed by atoms with Crippen molar-refractivity contribution in [2.24, 2.45) is 5.41 Å². The summed E-state index contributed by atoms with van der Waals surface area (Å²) in [5, 5.41) is 0. The summed E-state index contributed by atoms with van der Waals surface area (Å²) in [7, 11) is 0. The largest absolute Gasteiger partial charge is 0.400 e. The zero-order chi connectivity index (χ0) is 14.3. The van der Waals surface area contributed by atoms with E-state index in [0.717, 1.165) is 19.1 Å². The van der Waals surface area contributed by atoms with Crippen LogP contribution in [0, 0.1) is 5.41 Å². The molecule has 19 heavy (non-hydrogen) atoms. The number of carbonyl (C=O) groups excluding carboxylic acids is 1. The number of alkyl halides is 3. The second kappa shape index (κ2) is 4.37. The summed E-state index contributed by atoms with van der Waals surface area (Å²) in [4.78, 5) is 11.3. The molecule has 1 atom stereocenters. The van der Waals surface area contributed by atoms with Crippen LogP contribution < -0.4 is 0 Å². The molecule has 0 bridgehead atoms. The lowest BCUT2D eigenvalue weighted by Gasteiger charge is -2.24. The Morgan fingerprint density at radius 2 is 1.68 bits per heavy atom. The Hall–Kier alpha value is -1.84. The van der Waals surface area contributed by atoms with Gasteiger partial charge >= 0.3 is 6.18 Å². The van der Waals surface area contributed by atoms with Gasteiger partial charge in [0.15, 0.2) is 5.78 Å². The van der Waals surface area contributed by atoms with E-state index in [2.05, 4.69) is 0 Å². The molecule has 0 aliphatic heterocycles. The van der Waals surface area contributed by atoms with Crippen molar-refractivity contribution >= 4 is 17.9 Å². The summed E-state index contributed by atoms with van der Waals surface area (Å²) in [5.41, 5.74) is -0.193. The van der Waals surface area contributed by atoms with Crippen LogP contribution in [0.2, 0.25) is 0 Å². The molecule has 1 aliphatic rings. The number of hydrogen-bond acceptors (Lipinski definition) is 1. The van der Waals surface area contributed by atoms with Gasteiger partial charge in [0, 0.05) is 5.56 Å². The van der Waals surface area contributed by atoms with Crippen molar-refractivity contribution in [1.82, 2.24) is 0 Å². The van der Waals surface area contributed by atoms with Gasteiger partial charge in [0.25, 0.3) is 0 Å².